The minimum atomic E-state index is -0.854. The first-order valence-electron chi connectivity index (χ1n) is 14.2. The molecule has 3 rings (SSSR count). The number of aryl methyl sites for hydroxylation is 1. The summed E-state index contributed by atoms with van der Waals surface area (Å²) in [6.45, 7) is 6.76. The summed E-state index contributed by atoms with van der Waals surface area (Å²) in [7, 11) is 0. The third-order valence-corrected chi connectivity index (χ3v) is 6.79. The van der Waals surface area contributed by atoms with Gasteiger partial charge < -0.3 is 9.47 Å². The van der Waals surface area contributed by atoms with Gasteiger partial charge >= 0.3 is 5.97 Å². The molecule has 3 aromatic rings. The number of unbranched alkanes of at least 4 members (excludes halogenated alkanes) is 6. The molecule has 3 aromatic carbocycles. The van der Waals surface area contributed by atoms with Crippen LogP contribution in [-0.4, -0.2) is 24.5 Å². The van der Waals surface area contributed by atoms with Crippen LogP contribution in [0.2, 0.25) is 0 Å². The van der Waals surface area contributed by atoms with Gasteiger partial charge in [0.15, 0.2) is 6.10 Å². The summed E-state index contributed by atoms with van der Waals surface area (Å²) in [4.78, 5) is 25.4. The van der Waals surface area contributed by atoms with Crippen molar-refractivity contribution in [1.82, 2.24) is 0 Å². The Labute approximate surface area is 228 Å². The van der Waals surface area contributed by atoms with Gasteiger partial charge in [0.25, 0.3) is 0 Å². The fourth-order valence-corrected chi connectivity index (χ4v) is 4.35. The van der Waals surface area contributed by atoms with Crippen molar-refractivity contribution in [2.45, 2.75) is 84.7 Å². The zero-order valence-corrected chi connectivity index (χ0v) is 23.2. The molecule has 1 unspecified atom stereocenters. The van der Waals surface area contributed by atoms with Crippen molar-refractivity contribution >= 4 is 11.8 Å². The van der Waals surface area contributed by atoms with Crippen LogP contribution in [-0.2, 0) is 11.2 Å². The molecule has 0 aliphatic rings. The normalized spacial score (nSPS) is 11.7. The second kappa shape index (κ2) is 15.8. The van der Waals surface area contributed by atoms with Crippen molar-refractivity contribution in [3.8, 4) is 16.9 Å². The lowest BCUT2D eigenvalue weighted by molar-refractivity contribution is 0.0319. The fraction of sp³-hybridized carbons (Fsp3) is 0.412. The van der Waals surface area contributed by atoms with Crippen molar-refractivity contribution in [3.63, 3.8) is 0 Å². The molecule has 0 aromatic heterocycles. The number of ketones is 1. The van der Waals surface area contributed by atoms with Crippen LogP contribution in [0.5, 0.6) is 5.75 Å². The monoisotopic (exact) mass is 514 g/mol. The maximum Gasteiger partial charge on any atom is 0.338 e. The molecule has 4 nitrogen and oxygen atoms in total. The zero-order chi connectivity index (χ0) is 27.2. The Morgan fingerprint density at radius 3 is 1.84 bits per heavy atom. The largest absolute Gasteiger partial charge is 0.494 e. The van der Waals surface area contributed by atoms with Crippen LogP contribution in [0, 0.1) is 0 Å². The molecule has 0 saturated heterocycles. The van der Waals surface area contributed by atoms with Gasteiger partial charge in [-0.25, -0.2) is 4.79 Å². The van der Waals surface area contributed by atoms with Gasteiger partial charge in [0.1, 0.15) is 5.75 Å². The summed E-state index contributed by atoms with van der Waals surface area (Å²) >= 11 is 0. The Balaban J connectivity index is 1.48. The first-order chi connectivity index (χ1) is 18.5. The Morgan fingerprint density at radius 1 is 0.658 bits per heavy atom. The highest BCUT2D eigenvalue weighted by atomic mass is 16.5. The molecule has 202 valence electrons. The number of benzene rings is 3. The summed E-state index contributed by atoms with van der Waals surface area (Å²) in [5.41, 5.74) is 4.23. The highest BCUT2D eigenvalue weighted by Gasteiger charge is 2.20. The Morgan fingerprint density at radius 2 is 1.21 bits per heavy atom. The van der Waals surface area contributed by atoms with Crippen LogP contribution in [0.3, 0.4) is 0 Å². The van der Waals surface area contributed by atoms with E-state index in [0.717, 1.165) is 49.2 Å². The van der Waals surface area contributed by atoms with Gasteiger partial charge in [-0.15, -0.1) is 0 Å². The lowest BCUT2D eigenvalue weighted by Gasteiger charge is -2.13. The molecule has 4 heteroatoms. The van der Waals surface area contributed by atoms with Gasteiger partial charge in [-0.3, -0.25) is 4.79 Å². The molecular weight excluding hydrogens is 472 g/mol. The van der Waals surface area contributed by atoms with Gasteiger partial charge in [0.05, 0.1) is 12.2 Å². The average molecular weight is 515 g/mol. The molecule has 1 atom stereocenters. The molecule has 0 fully saturated rings. The SMILES string of the molecule is CCCCCCCCOc1ccc(-c2ccc(C(=O)OC(C)C(=O)c3ccc(CCCC)cc3)cc2)cc1. The van der Waals surface area contributed by atoms with Crippen LogP contribution in [0.15, 0.2) is 72.8 Å². The molecule has 0 spiro atoms. The number of Topliss-reactive ketones (excluding diaryl/α,β-unsaturated/α-hetero) is 1. The van der Waals surface area contributed by atoms with Gasteiger partial charge in [0.2, 0.25) is 5.78 Å². The highest BCUT2D eigenvalue weighted by Crippen LogP contribution is 2.24. The molecule has 0 aliphatic heterocycles. The predicted octanol–water partition coefficient (Wildman–Crippen LogP) is 8.86. The number of rotatable bonds is 16. The van der Waals surface area contributed by atoms with E-state index in [0.29, 0.717) is 11.1 Å². The van der Waals surface area contributed by atoms with E-state index >= 15 is 0 Å². The topological polar surface area (TPSA) is 52.6 Å². The van der Waals surface area contributed by atoms with E-state index < -0.39 is 12.1 Å². The van der Waals surface area contributed by atoms with Crippen molar-refractivity contribution in [2.75, 3.05) is 6.61 Å². The van der Waals surface area contributed by atoms with Crippen LogP contribution >= 0.6 is 0 Å². The molecular formula is C34H42O4. The van der Waals surface area contributed by atoms with E-state index in [4.69, 9.17) is 9.47 Å². The van der Waals surface area contributed by atoms with Gasteiger partial charge in [-0.2, -0.15) is 0 Å². The van der Waals surface area contributed by atoms with Crippen molar-refractivity contribution in [3.05, 3.63) is 89.5 Å². The molecule has 0 bridgehead atoms. The second-order valence-electron chi connectivity index (χ2n) is 9.93. The minimum Gasteiger partial charge on any atom is -0.494 e. The first kappa shape index (κ1) is 29.2. The quantitative estimate of drug-likeness (QED) is 0.109. The van der Waals surface area contributed by atoms with E-state index in [-0.39, 0.29) is 5.78 Å². The van der Waals surface area contributed by atoms with Gasteiger partial charge in [0, 0.05) is 5.56 Å². The molecule has 0 N–H and O–H groups in total. The summed E-state index contributed by atoms with van der Waals surface area (Å²) in [6, 6.07) is 22.9. The van der Waals surface area contributed by atoms with Gasteiger partial charge in [-0.05, 0) is 67.1 Å². The molecule has 0 radical (unpaired) electrons. The summed E-state index contributed by atoms with van der Waals surface area (Å²) in [5, 5.41) is 0. The number of hydrogen-bond acceptors (Lipinski definition) is 4. The zero-order valence-electron chi connectivity index (χ0n) is 23.2. The second-order valence-corrected chi connectivity index (χ2v) is 9.93. The van der Waals surface area contributed by atoms with E-state index in [1.54, 1.807) is 19.1 Å². The van der Waals surface area contributed by atoms with E-state index in [1.807, 2.05) is 60.7 Å². The maximum absolute atomic E-state index is 12.8. The summed E-state index contributed by atoms with van der Waals surface area (Å²) in [6.07, 6.45) is 9.88. The average Bonchev–Trinajstić information content (AvgIpc) is 2.96. The highest BCUT2D eigenvalue weighted by molar-refractivity contribution is 6.01. The minimum absolute atomic E-state index is 0.198. The van der Waals surface area contributed by atoms with E-state index in [1.165, 1.54) is 37.7 Å². The van der Waals surface area contributed by atoms with Gasteiger partial charge in [-0.1, -0.05) is 101 Å². The van der Waals surface area contributed by atoms with Crippen molar-refractivity contribution < 1.29 is 19.1 Å². The standard InChI is InChI=1S/C34H42O4/c1-4-6-8-9-10-11-25-37-32-23-21-29(22-24-32)28-17-19-31(20-18-28)34(36)38-26(3)33(35)30-15-13-27(14-16-30)12-7-5-2/h13-24,26H,4-12,25H2,1-3H3. The number of carbonyl (C=O) groups is 2. The van der Waals surface area contributed by atoms with E-state index in [9.17, 15) is 9.59 Å². The lowest BCUT2D eigenvalue weighted by atomic mass is 10.0. The number of esters is 1. The van der Waals surface area contributed by atoms with Crippen LogP contribution < -0.4 is 4.74 Å². The van der Waals surface area contributed by atoms with Crippen molar-refractivity contribution in [2.24, 2.45) is 0 Å². The molecule has 38 heavy (non-hydrogen) atoms. The predicted molar refractivity (Wildman–Crippen MR) is 155 cm³/mol. The summed E-state index contributed by atoms with van der Waals surface area (Å²) < 4.78 is 11.4. The third-order valence-electron chi connectivity index (χ3n) is 6.79. The Hall–Kier alpha value is -3.40. The Bertz CT molecular complexity index is 1110. The summed E-state index contributed by atoms with van der Waals surface area (Å²) in [5.74, 6) is 0.169. The number of hydrogen-bond donors (Lipinski definition) is 0. The fourth-order valence-electron chi connectivity index (χ4n) is 4.35. The lowest BCUT2D eigenvalue weighted by Crippen LogP contribution is -2.24. The van der Waals surface area contributed by atoms with Crippen LogP contribution in [0.25, 0.3) is 11.1 Å². The van der Waals surface area contributed by atoms with Crippen molar-refractivity contribution in [1.29, 1.82) is 0 Å². The molecule has 0 heterocycles. The van der Waals surface area contributed by atoms with Crippen LogP contribution in [0.1, 0.15) is 98.4 Å². The third kappa shape index (κ3) is 9.16. The first-order valence-corrected chi connectivity index (χ1v) is 14.2. The molecule has 0 saturated carbocycles. The molecule has 0 amide bonds. The molecule has 0 aliphatic carbocycles. The maximum atomic E-state index is 12.8. The Kier molecular flexibility index (Phi) is 12.1. The number of ether oxygens (including phenoxy) is 2. The van der Waals surface area contributed by atoms with E-state index in [2.05, 4.69) is 13.8 Å². The smallest absolute Gasteiger partial charge is 0.338 e. The van der Waals surface area contributed by atoms with Crippen LogP contribution in [0.4, 0.5) is 0 Å². The number of carbonyl (C=O) groups excluding carboxylic acids is 2.